The summed E-state index contributed by atoms with van der Waals surface area (Å²) in [5.41, 5.74) is 2.15. The molecule has 0 radical (unpaired) electrons. The summed E-state index contributed by atoms with van der Waals surface area (Å²) in [7, 11) is 0. The van der Waals surface area contributed by atoms with Gasteiger partial charge in [0.1, 0.15) is 16.2 Å². The Bertz CT molecular complexity index is 936. The molecule has 0 fully saturated rings. The molecule has 3 aromatic rings. The zero-order valence-corrected chi connectivity index (χ0v) is 17.0. The van der Waals surface area contributed by atoms with E-state index in [1.165, 1.54) is 28.7 Å². The topological polar surface area (TPSA) is 42.9 Å². The molecule has 3 nitrogen and oxygen atoms in total. The Kier molecular flexibility index (Phi) is 4.93. The van der Waals surface area contributed by atoms with Gasteiger partial charge in [0, 0.05) is 20.3 Å². The molecule has 1 atom stereocenters. The Morgan fingerprint density at radius 1 is 1.20 bits per heavy atom. The van der Waals surface area contributed by atoms with E-state index in [9.17, 15) is 4.79 Å². The van der Waals surface area contributed by atoms with E-state index in [0.29, 0.717) is 0 Å². The van der Waals surface area contributed by atoms with E-state index in [1.54, 1.807) is 29.4 Å². The molecule has 0 bridgehead atoms. The molecule has 128 valence electrons. The third-order valence-corrected chi connectivity index (χ3v) is 7.33. The van der Waals surface area contributed by atoms with Crippen LogP contribution in [0.3, 0.4) is 0 Å². The highest BCUT2D eigenvalue weighted by Crippen LogP contribution is 2.40. The highest BCUT2D eigenvalue weighted by Gasteiger charge is 2.23. The van der Waals surface area contributed by atoms with Crippen molar-refractivity contribution in [1.82, 2.24) is 9.97 Å². The number of halogens is 1. The molecule has 0 amide bonds. The number of thioether (sulfide) groups is 1. The lowest BCUT2D eigenvalue weighted by atomic mass is 9.97. The normalized spacial score (nSPS) is 15.1. The second kappa shape index (κ2) is 7.17. The average Bonchev–Trinajstić information content (AvgIpc) is 3.01. The van der Waals surface area contributed by atoms with E-state index in [2.05, 4.69) is 25.9 Å². The number of hydrogen-bond acceptors (Lipinski definition) is 5. The number of aryl methyl sites for hydroxylation is 2. The quantitative estimate of drug-likeness (QED) is 0.301. The first-order valence-corrected chi connectivity index (χ1v) is 10.8. The molecule has 0 saturated carbocycles. The van der Waals surface area contributed by atoms with Gasteiger partial charge in [-0.15, -0.1) is 11.3 Å². The minimum absolute atomic E-state index is 0.133. The van der Waals surface area contributed by atoms with Crippen molar-refractivity contribution < 1.29 is 4.79 Å². The molecule has 4 rings (SSSR count). The Hall–Kier alpha value is -1.24. The molecule has 0 N–H and O–H groups in total. The Morgan fingerprint density at radius 2 is 1.96 bits per heavy atom. The van der Waals surface area contributed by atoms with Gasteiger partial charge < -0.3 is 0 Å². The number of thiophene rings is 1. The lowest BCUT2D eigenvalue weighted by Crippen LogP contribution is -2.13. The highest BCUT2D eigenvalue weighted by atomic mass is 79.9. The van der Waals surface area contributed by atoms with Crippen LogP contribution in [-0.2, 0) is 12.8 Å². The molecule has 1 unspecified atom stereocenters. The molecule has 1 aromatic carbocycles. The molecule has 1 aliphatic carbocycles. The van der Waals surface area contributed by atoms with Gasteiger partial charge in [0.25, 0.3) is 0 Å². The smallest absolute Gasteiger partial charge is 0.175 e. The molecular formula is C19H17BrN2OS2. The molecule has 0 saturated heterocycles. The standard InChI is InChI=1S/C19H17BrN2OS2/c1-11(17(23)12-6-8-13(20)9-7-12)24-18-16-14-4-2-3-5-15(14)25-19(16)22-10-21-18/h6-11H,2-5H2,1H3. The third kappa shape index (κ3) is 3.39. The summed E-state index contributed by atoms with van der Waals surface area (Å²) in [5, 5.41) is 1.95. The number of ketones is 1. The summed E-state index contributed by atoms with van der Waals surface area (Å²) in [6.07, 6.45) is 6.36. The van der Waals surface area contributed by atoms with Crippen molar-refractivity contribution in [3.8, 4) is 0 Å². The number of fused-ring (bicyclic) bond motifs is 3. The number of Topliss-reactive ketones (excluding diaryl/α,β-unsaturated/α-hetero) is 1. The fraction of sp³-hybridized carbons (Fsp3) is 0.316. The molecule has 2 aromatic heterocycles. The van der Waals surface area contributed by atoms with E-state index < -0.39 is 0 Å². The number of benzene rings is 1. The number of rotatable bonds is 4. The van der Waals surface area contributed by atoms with Gasteiger partial charge in [-0.05, 0) is 50.3 Å². The third-order valence-electron chi connectivity index (χ3n) is 4.50. The summed E-state index contributed by atoms with van der Waals surface area (Å²) >= 11 is 6.76. The zero-order chi connectivity index (χ0) is 17.4. The van der Waals surface area contributed by atoms with Crippen LogP contribution in [0.2, 0.25) is 0 Å². The first kappa shape index (κ1) is 17.2. The molecular weight excluding hydrogens is 416 g/mol. The summed E-state index contributed by atoms with van der Waals surface area (Å²) in [5.74, 6) is 0.133. The second-order valence-corrected chi connectivity index (χ2v) is 9.53. The fourth-order valence-corrected chi connectivity index (χ4v) is 5.80. The van der Waals surface area contributed by atoms with Gasteiger partial charge in [-0.3, -0.25) is 4.79 Å². The summed E-state index contributed by atoms with van der Waals surface area (Å²) in [4.78, 5) is 24.3. The number of carbonyl (C=O) groups excluding carboxylic acids is 1. The van der Waals surface area contributed by atoms with Crippen molar-refractivity contribution >= 4 is 55.0 Å². The van der Waals surface area contributed by atoms with Crippen LogP contribution in [0.25, 0.3) is 10.2 Å². The van der Waals surface area contributed by atoms with Gasteiger partial charge in [-0.25, -0.2) is 9.97 Å². The lowest BCUT2D eigenvalue weighted by Gasteiger charge is -2.13. The molecule has 2 heterocycles. The van der Waals surface area contributed by atoms with Crippen LogP contribution in [0.15, 0.2) is 40.1 Å². The van der Waals surface area contributed by atoms with Crippen LogP contribution < -0.4 is 0 Å². The van der Waals surface area contributed by atoms with Gasteiger partial charge >= 0.3 is 0 Å². The van der Waals surface area contributed by atoms with Gasteiger partial charge in [0.2, 0.25) is 0 Å². The van der Waals surface area contributed by atoms with Gasteiger partial charge in [-0.2, -0.15) is 0 Å². The first-order valence-electron chi connectivity index (χ1n) is 8.35. The minimum atomic E-state index is -0.182. The van der Waals surface area contributed by atoms with Gasteiger partial charge in [0.15, 0.2) is 5.78 Å². The Balaban J connectivity index is 1.65. The predicted octanol–water partition coefficient (Wildman–Crippen LogP) is 5.70. The fourth-order valence-electron chi connectivity index (χ4n) is 3.22. The van der Waals surface area contributed by atoms with E-state index in [-0.39, 0.29) is 11.0 Å². The first-order chi connectivity index (χ1) is 12.1. The van der Waals surface area contributed by atoms with Gasteiger partial charge in [-0.1, -0.05) is 39.8 Å². The highest BCUT2D eigenvalue weighted by molar-refractivity contribution is 9.10. The Labute approximate surface area is 163 Å². The van der Waals surface area contributed by atoms with Crippen molar-refractivity contribution in [2.45, 2.75) is 42.9 Å². The van der Waals surface area contributed by atoms with Crippen molar-refractivity contribution in [3.63, 3.8) is 0 Å². The Morgan fingerprint density at radius 3 is 2.76 bits per heavy atom. The largest absolute Gasteiger partial charge is 0.293 e. The maximum absolute atomic E-state index is 12.7. The van der Waals surface area contributed by atoms with Crippen molar-refractivity contribution in [2.24, 2.45) is 0 Å². The minimum Gasteiger partial charge on any atom is -0.293 e. The van der Waals surface area contributed by atoms with Crippen LogP contribution >= 0.6 is 39.0 Å². The van der Waals surface area contributed by atoms with Crippen LogP contribution in [0, 0.1) is 0 Å². The molecule has 0 aliphatic heterocycles. The maximum Gasteiger partial charge on any atom is 0.175 e. The lowest BCUT2D eigenvalue weighted by molar-refractivity contribution is 0.0994. The van der Waals surface area contributed by atoms with Crippen molar-refractivity contribution in [2.75, 3.05) is 0 Å². The van der Waals surface area contributed by atoms with Crippen LogP contribution in [0.4, 0.5) is 0 Å². The number of nitrogens with zero attached hydrogens (tertiary/aromatic N) is 2. The summed E-state index contributed by atoms with van der Waals surface area (Å²) in [6, 6.07) is 7.54. The van der Waals surface area contributed by atoms with E-state index in [4.69, 9.17) is 0 Å². The summed E-state index contributed by atoms with van der Waals surface area (Å²) in [6.45, 7) is 1.96. The number of carbonyl (C=O) groups is 1. The van der Waals surface area contributed by atoms with Crippen molar-refractivity contribution in [1.29, 1.82) is 0 Å². The zero-order valence-electron chi connectivity index (χ0n) is 13.8. The maximum atomic E-state index is 12.7. The SMILES string of the molecule is CC(Sc1ncnc2sc3c(c12)CCCC3)C(=O)c1ccc(Br)cc1. The monoisotopic (exact) mass is 432 g/mol. The number of hydrogen-bond donors (Lipinski definition) is 0. The van der Waals surface area contributed by atoms with Gasteiger partial charge in [0.05, 0.1) is 5.25 Å². The average molecular weight is 433 g/mol. The van der Waals surface area contributed by atoms with Crippen LogP contribution in [0.1, 0.15) is 40.6 Å². The number of aromatic nitrogens is 2. The van der Waals surface area contributed by atoms with E-state index in [0.717, 1.165) is 32.7 Å². The molecule has 1 aliphatic rings. The van der Waals surface area contributed by atoms with E-state index >= 15 is 0 Å². The second-order valence-electron chi connectivity index (χ2n) is 6.20. The summed E-state index contributed by atoms with van der Waals surface area (Å²) < 4.78 is 0.978. The van der Waals surface area contributed by atoms with E-state index in [1.807, 2.05) is 31.2 Å². The van der Waals surface area contributed by atoms with Crippen LogP contribution in [0.5, 0.6) is 0 Å². The molecule has 0 spiro atoms. The molecule has 25 heavy (non-hydrogen) atoms. The van der Waals surface area contributed by atoms with Crippen LogP contribution in [-0.4, -0.2) is 21.0 Å². The predicted molar refractivity (Wildman–Crippen MR) is 108 cm³/mol. The van der Waals surface area contributed by atoms with Crippen molar-refractivity contribution in [3.05, 3.63) is 51.1 Å². The molecule has 6 heteroatoms.